The molecule has 4 aromatic rings. The molecule has 8 heteroatoms. The molecule has 0 bridgehead atoms. The van der Waals surface area contributed by atoms with Gasteiger partial charge in [0.1, 0.15) is 22.8 Å². The molecule has 1 aromatic carbocycles. The Morgan fingerprint density at radius 1 is 1.13 bits per heavy atom. The van der Waals surface area contributed by atoms with Crippen molar-refractivity contribution < 1.29 is 4.79 Å². The predicted molar refractivity (Wildman–Crippen MR) is 123 cm³/mol. The molecular formula is C23H24N6OS. The number of para-hydroxylation sites is 1. The van der Waals surface area contributed by atoms with Crippen molar-refractivity contribution in [1.29, 1.82) is 0 Å². The van der Waals surface area contributed by atoms with Gasteiger partial charge < -0.3 is 14.4 Å². The summed E-state index contributed by atoms with van der Waals surface area (Å²) in [7, 11) is 0. The van der Waals surface area contributed by atoms with E-state index in [-0.39, 0.29) is 5.91 Å². The summed E-state index contributed by atoms with van der Waals surface area (Å²) in [6.45, 7) is 5.93. The molecule has 4 heterocycles. The number of hydrogen-bond acceptors (Lipinski definition) is 6. The Kier molecular flexibility index (Phi) is 5.38. The summed E-state index contributed by atoms with van der Waals surface area (Å²) in [5, 5.41) is 3.99. The number of fused-ring (bicyclic) bond motifs is 1. The number of thiazole rings is 1. The molecule has 1 amide bonds. The Morgan fingerprint density at radius 3 is 2.74 bits per heavy atom. The van der Waals surface area contributed by atoms with E-state index in [4.69, 9.17) is 4.98 Å². The van der Waals surface area contributed by atoms with Gasteiger partial charge in [-0.3, -0.25) is 4.79 Å². The summed E-state index contributed by atoms with van der Waals surface area (Å²) in [5.74, 6) is 0.907. The summed E-state index contributed by atoms with van der Waals surface area (Å²) in [5.41, 5.74) is 2.83. The maximum absolute atomic E-state index is 13.1. The van der Waals surface area contributed by atoms with Crippen LogP contribution in [0.3, 0.4) is 0 Å². The van der Waals surface area contributed by atoms with Gasteiger partial charge >= 0.3 is 0 Å². The van der Waals surface area contributed by atoms with Gasteiger partial charge in [-0.05, 0) is 24.6 Å². The monoisotopic (exact) mass is 432 g/mol. The van der Waals surface area contributed by atoms with Gasteiger partial charge in [-0.2, -0.15) is 0 Å². The molecule has 1 fully saturated rings. The molecule has 0 N–H and O–H groups in total. The lowest BCUT2D eigenvalue weighted by Crippen LogP contribution is -2.49. The van der Waals surface area contributed by atoms with Gasteiger partial charge in [0, 0.05) is 55.2 Å². The van der Waals surface area contributed by atoms with E-state index in [9.17, 15) is 4.79 Å². The number of carbonyl (C=O) groups excluding carboxylic acids is 1. The van der Waals surface area contributed by atoms with Crippen LogP contribution in [0.1, 0.15) is 23.8 Å². The number of amides is 1. The highest BCUT2D eigenvalue weighted by atomic mass is 32.1. The molecular weight excluding hydrogens is 408 g/mol. The van der Waals surface area contributed by atoms with E-state index in [2.05, 4.69) is 56.7 Å². The SMILES string of the molecule is CCCn1c(-c2nc(C(=O)N3CCN(c4ccncn4)CC3)cs2)cc2ccccc21. The van der Waals surface area contributed by atoms with Crippen LogP contribution >= 0.6 is 11.3 Å². The molecule has 0 aliphatic carbocycles. The van der Waals surface area contributed by atoms with Gasteiger partial charge in [0.15, 0.2) is 0 Å². The van der Waals surface area contributed by atoms with Crippen LogP contribution < -0.4 is 4.90 Å². The van der Waals surface area contributed by atoms with Gasteiger partial charge in [0.2, 0.25) is 0 Å². The highest BCUT2D eigenvalue weighted by Crippen LogP contribution is 2.31. The number of aromatic nitrogens is 4. The third kappa shape index (κ3) is 3.79. The van der Waals surface area contributed by atoms with Crippen molar-refractivity contribution in [3.63, 3.8) is 0 Å². The molecule has 158 valence electrons. The van der Waals surface area contributed by atoms with Crippen molar-refractivity contribution >= 4 is 34.0 Å². The summed E-state index contributed by atoms with van der Waals surface area (Å²) in [4.78, 5) is 30.2. The molecule has 7 nitrogen and oxygen atoms in total. The second-order valence-electron chi connectivity index (χ2n) is 7.62. The molecule has 3 aromatic heterocycles. The Labute approximate surface area is 185 Å². The minimum atomic E-state index is 0.00277. The standard InChI is InChI=1S/C23H24N6OS/c1-2-9-29-19-6-4-3-5-17(19)14-20(29)22-26-18(15-31-22)23(30)28-12-10-27(11-13-28)21-7-8-24-16-25-21/h3-8,14-16H,2,9-13H2,1H3. The quantitative estimate of drug-likeness (QED) is 0.478. The predicted octanol–water partition coefficient (Wildman–Crippen LogP) is 3.93. The smallest absolute Gasteiger partial charge is 0.273 e. The molecule has 1 saturated heterocycles. The van der Waals surface area contributed by atoms with Gasteiger partial charge in [0.05, 0.1) is 5.69 Å². The third-order valence-electron chi connectivity index (χ3n) is 5.66. The van der Waals surface area contributed by atoms with E-state index in [0.717, 1.165) is 42.6 Å². The zero-order valence-corrected chi connectivity index (χ0v) is 18.3. The van der Waals surface area contributed by atoms with Crippen LogP contribution in [0.15, 0.2) is 54.3 Å². The van der Waals surface area contributed by atoms with E-state index < -0.39 is 0 Å². The molecule has 0 radical (unpaired) electrons. The first-order chi connectivity index (χ1) is 15.2. The van der Waals surface area contributed by atoms with Crippen LogP contribution in [0.25, 0.3) is 21.6 Å². The molecule has 5 rings (SSSR count). The Bertz CT molecular complexity index is 1190. The second kappa shape index (κ2) is 8.47. The van der Waals surface area contributed by atoms with Crippen LogP contribution in [-0.4, -0.2) is 56.5 Å². The average Bonchev–Trinajstić information content (AvgIpc) is 3.45. The second-order valence-corrected chi connectivity index (χ2v) is 8.48. The van der Waals surface area contributed by atoms with Crippen molar-refractivity contribution in [2.75, 3.05) is 31.1 Å². The van der Waals surface area contributed by atoms with Crippen molar-refractivity contribution in [2.24, 2.45) is 0 Å². The number of aryl methyl sites for hydroxylation is 1. The van der Waals surface area contributed by atoms with Gasteiger partial charge in [-0.1, -0.05) is 25.1 Å². The number of hydrogen-bond donors (Lipinski definition) is 0. The van der Waals surface area contributed by atoms with Gasteiger partial charge in [-0.15, -0.1) is 11.3 Å². The van der Waals surface area contributed by atoms with E-state index in [0.29, 0.717) is 18.8 Å². The molecule has 0 atom stereocenters. The van der Waals surface area contributed by atoms with Crippen molar-refractivity contribution in [2.45, 2.75) is 19.9 Å². The average molecular weight is 433 g/mol. The zero-order valence-electron chi connectivity index (χ0n) is 17.4. The Balaban J connectivity index is 1.34. The van der Waals surface area contributed by atoms with Crippen LogP contribution in [0.4, 0.5) is 5.82 Å². The highest BCUT2D eigenvalue weighted by Gasteiger charge is 2.25. The van der Waals surface area contributed by atoms with Crippen molar-refractivity contribution in [1.82, 2.24) is 24.4 Å². The Hall–Kier alpha value is -3.26. The number of piperazine rings is 1. The maximum Gasteiger partial charge on any atom is 0.273 e. The first-order valence-electron chi connectivity index (χ1n) is 10.6. The van der Waals surface area contributed by atoms with E-state index >= 15 is 0 Å². The fourth-order valence-corrected chi connectivity index (χ4v) is 4.93. The fraction of sp³-hybridized carbons (Fsp3) is 0.304. The van der Waals surface area contributed by atoms with Crippen LogP contribution in [0.2, 0.25) is 0 Å². The molecule has 1 aliphatic rings. The summed E-state index contributed by atoms with van der Waals surface area (Å²) < 4.78 is 2.31. The number of benzene rings is 1. The molecule has 0 saturated carbocycles. The molecule has 0 unspecified atom stereocenters. The Morgan fingerprint density at radius 2 is 1.97 bits per heavy atom. The number of nitrogens with zero attached hydrogens (tertiary/aromatic N) is 6. The van der Waals surface area contributed by atoms with Crippen LogP contribution in [-0.2, 0) is 6.54 Å². The van der Waals surface area contributed by atoms with Crippen LogP contribution in [0, 0.1) is 0 Å². The normalized spacial score (nSPS) is 14.4. The maximum atomic E-state index is 13.1. The first kappa shape index (κ1) is 19.7. The fourth-order valence-electron chi connectivity index (χ4n) is 4.11. The molecule has 0 spiro atoms. The highest BCUT2D eigenvalue weighted by molar-refractivity contribution is 7.13. The third-order valence-corrected chi connectivity index (χ3v) is 6.52. The summed E-state index contributed by atoms with van der Waals surface area (Å²) in [6.07, 6.45) is 4.34. The number of anilines is 1. The first-order valence-corrected chi connectivity index (χ1v) is 11.5. The lowest BCUT2D eigenvalue weighted by molar-refractivity contribution is 0.0741. The minimum Gasteiger partial charge on any atom is -0.353 e. The molecule has 31 heavy (non-hydrogen) atoms. The van der Waals surface area contributed by atoms with E-state index in [1.54, 1.807) is 23.9 Å². The number of carbonyl (C=O) groups is 1. The zero-order chi connectivity index (χ0) is 21.2. The van der Waals surface area contributed by atoms with Crippen LogP contribution in [0.5, 0.6) is 0 Å². The van der Waals surface area contributed by atoms with E-state index in [1.807, 2.05) is 16.3 Å². The van der Waals surface area contributed by atoms with E-state index in [1.165, 1.54) is 10.9 Å². The lowest BCUT2D eigenvalue weighted by Gasteiger charge is -2.35. The number of rotatable bonds is 5. The van der Waals surface area contributed by atoms with Gasteiger partial charge in [0.25, 0.3) is 5.91 Å². The van der Waals surface area contributed by atoms with Gasteiger partial charge in [-0.25, -0.2) is 15.0 Å². The molecule has 1 aliphatic heterocycles. The minimum absolute atomic E-state index is 0.00277. The lowest BCUT2D eigenvalue weighted by atomic mass is 10.2. The van der Waals surface area contributed by atoms with Crippen molar-refractivity contribution in [3.05, 3.63) is 60.0 Å². The summed E-state index contributed by atoms with van der Waals surface area (Å²) >= 11 is 1.54. The topological polar surface area (TPSA) is 67.2 Å². The largest absolute Gasteiger partial charge is 0.353 e. The van der Waals surface area contributed by atoms with Crippen molar-refractivity contribution in [3.8, 4) is 10.7 Å². The summed E-state index contributed by atoms with van der Waals surface area (Å²) in [6, 6.07) is 12.5.